The van der Waals surface area contributed by atoms with Crippen molar-refractivity contribution in [3.8, 4) is 11.1 Å². The monoisotopic (exact) mass is 423 g/mol. The maximum atomic E-state index is 6.11. The highest BCUT2D eigenvalue weighted by Crippen LogP contribution is 2.25. The number of nitrogens with one attached hydrogen (secondary N) is 1. The van der Waals surface area contributed by atoms with E-state index in [-0.39, 0.29) is 0 Å². The second kappa shape index (κ2) is 9.30. The Balaban J connectivity index is 2.15. The number of nitrogens with two attached hydrogens (primary N) is 1. The molecule has 138 valence electrons. The van der Waals surface area contributed by atoms with Crippen molar-refractivity contribution in [3.63, 3.8) is 0 Å². The van der Waals surface area contributed by atoms with Crippen LogP contribution in [0.2, 0.25) is 0 Å². The van der Waals surface area contributed by atoms with Crippen LogP contribution in [-0.4, -0.2) is 9.55 Å². The standard InChI is InChI=1S/C21H22BrN5/c1-2-25-21-19(26-14-16-7-6-10-24-13-16)11-18(17-8-4-3-5-9-17)20(12-23)27(21)15-22/h2-11,13,26H,1,12,14-15,23H2. The Kier molecular flexibility index (Phi) is 6.57. The molecule has 3 rings (SSSR count). The first-order valence-electron chi connectivity index (χ1n) is 8.64. The Morgan fingerprint density at radius 1 is 1.22 bits per heavy atom. The van der Waals surface area contributed by atoms with Gasteiger partial charge in [0.1, 0.15) is 0 Å². The quantitative estimate of drug-likeness (QED) is 0.563. The van der Waals surface area contributed by atoms with Crippen molar-refractivity contribution < 1.29 is 0 Å². The summed E-state index contributed by atoms with van der Waals surface area (Å²) in [5.41, 5.74) is 12.7. The minimum atomic E-state index is 0.401. The van der Waals surface area contributed by atoms with Crippen molar-refractivity contribution in [3.05, 3.63) is 90.4 Å². The molecule has 0 unspecified atom stereocenters. The van der Waals surface area contributed by atoms with E-state index in [4.69, 9.17) is 5.73 Å². The molecule has 0 aliphatic carbocycles. The van der Waals surface area contributed by atoms with Gasteiger partial charge in [-0.1, -0.05) is 58.9 Å². The van der Waals surface area contributed by atoms with E-state index >= 15 is 0 Å². The van der Waals surface area contributed by atoms with Gasteiger partial charge in [-0.15, -0.1) is 0 Å². The van der Waals surface area contributed by atoms with Crippen LogP contribution < -0.4 is 16.5 Å². The van der Waals surface area contributed by atoms with E-state index in [9.17, 15) is 0 Å². The summed E-state index contributed by atoms with van der Waals surface area (Å²) < 4.78 is 2.07. The molecule has 0 aliphatic heterocycles. The molecule has 1 aromatic carbocycles. The van der Waals surface area contributed by atoms with Crippen LogP contribution in [0.4, 0.5) is 5.69 Å². The number of pyridine rings is 2. The molecular weight excluding hydrogens is 402 g/mol. The Hall–Kier alpha value is -2.70. The number of rotatable bonds is 7. The summed E-state index contributed by atoms with van der Waals surface area (Å²) in [6.07, 6.45) is 5.17. The molecular formula is C21H22BrN5. The maximum Gasteiger partial charge on any atom is 0.157 e. The SMILES string of the molecule is C=CN=c1c(NCc2cccnc2)cc(-c2ccccc2)c(CN)n1CBr. The van der Waals surface area contributed by atoms with Crippen LogP contribution in [-0.2, 0) is 18.5 Å². The molecule has 5 nitrogen and oxygen atoms in total. The highest BCUT2D eigenvalue weighted by atomic mass is 79.9. The number of hydrogen-bond acceptors (Lipinski definition) is 4. The minimum absolute atomic E-state index is 0.401. The predicted octanol–water partition coefficient (Wildman–Crippen LogP) is 4.02. The first kappa shape index (κ1) is 19.1. The summed E-state index contributed by atoms with van der Waals surface area (Å²) in [4.78, 5) is 8.67. The molecule has 0 fully saturated rings. The van der Waals surface area contributed by atoms with Gasteiger partial charge in [0, 0.05) is 42.9 Å². The molecule has 0 saturated heterocycles. The molecule has 27 heavy (non-hydrogen) atoms. The Bertz CT molecular complexity index is 965. The van der Waals surface area contributed by atoms with Crippen molar-refractivity contribution >= 4 is 21.6 Å². The van der Waals surface area contributed by atoms with Crippen molar-refractivity contribution in [1.29, 1.82) is 0 Å². The molecule has 2 heterocycles. The molecule has 0 spiro atoms. The molecule has 0 atom stereocenters. The van der Waals surface area contributed by atoms with Gasteiger partial charge < -0.3 is 15.6 Å². The number of aromatic nitrogens is 2. The van der Waals surface area contributed by atoms with Gasteiger partial charge in [-0.2, -0.15) is 0 Å². The van der Waals surface area contributed by atoms with Crippen molar-refractivity contribution in [1.82, 2.24) is 9.55 Å². The van der Waals surface area contributed by atoms with E-state index in [0.29, 0.717) is 18.5 Å². The van der Waals surface area contributed by atoms with Crippen LogP contribution in [0.15, 0.2) is 78.7 Å². The van der Waals surface area contributed by atoms with E-state index in [0.717, 1.165) is 33.6 Å². The smallest absolute Gasteiger partial charge is 0.157 e. The first-order chi connectivity index (χ1) is 13.3. The van der Waals surface area contributed by atoms with Gasteiger partial charge in [0.25, 0.3) is 0 Å². The molecule has 0 aliphatic rings. The third-order valence-corrected chi connectivity index (χ3v) is 4.74. The number of hydrogen-bond donors (Lipinski definition) is 2. The summed E-state index contributed by atoms with van der Waals surface area (Å²) in [6.45, 7) is 4.81. The molecule has 0 radical (unpaired) electrons. The normalized spacial score (nSPS) is 11.4. The van der Waals surface area contributed by atoms with Gasteiger partial charge in [0.15, 0.2) is 5.49 Å². The number of halogens is 1. The van der Waals surface area contributed by atoms with E-state index in [1.54, 1.807) is 12.4 Å². The molecule has 2 aromatic heterocycles. The van der Waals surface area contributed by atoms with E-state index in [1.165, 1.54) is 0 Å². The average Bonchev–Trinajstić information content (AvgIpc) is 2.73. The van der Waals surface area contributed by atoms with E-state index in [2.05, 4.69) is 60.6 Å². The van der Waals surface area contributed by atoms with Crippen LogP contribution in [0.1, 0.15) is 11.3 Å². The Labute approximate surface area is 167 Å². The van der Waals surface area contributed by atoms with Gasteiger partial charge >= 0.3 is 0 Å². The number of nitrogens with zero attached hydrogens (tertiary/aromatic N) is 3. The molecule has 3 N–H and O–H groups in total. The zero-order valence-electron chi connectivity index (χ0n) is 15.0. The van der Waals surface area contributed by atoms with Gasteiger partial charge in [-0.3, -0.25) is 4.98 Å². The third-order valence-electron chi connectivity index (χ3n) is 4.24. The van der Waals surface area contributed by atoms with Crippen LogP contribution in [0.5, 0.6) is 0 Å². The zero-order valence-corrected chi connectivity index (χ0v) is 16.6. The fourth-order valence-corrected chi connectivity index (χ4v) is 3.52. The van der Waals surface area contributed by atoms with Crippen molar-refractivity contribution in [2.24, 2.45) is 10.7 Å². The van der Waals surface area contributed by atoms with E-state index < -0.39 is 0 Å². The van der Waals surface area contributed by atoms with Crippen molar-refractivity contribution in [2.45, 2.75) is 18.5 Å². The lowest BCUT2D eigenvalue weighted by Crippen LogP contribution is -2.28. The number of benzene rings is 1. The van der Waals surface area contributed by atoms with Crippen LogP contribution in [0.25, 0.3) is 11.1 Å². The summed E-state index contributed by atoms with van der Waals surface area (Å²) in [5.74, 6) is 0. The molecule has 0 bridgehead atoms. The second-order valence-corrected chi connectivity index (χ2v) is 6.39. The van der Waals surface area contributed by atoms with Gasteiger partial charge in [0.2, 0.25) is 0 Å². The lowest BCUT2D eigenvalue weighted by molar-refractivity contribution is 0.752. The summed E-state index contributed by atoms with van der Waals surface area (Å²) in [7, 11) is 0. The topological polar surface area (TPSA) is 68.2 Å². The third kappa shape index (κ3) is 4.35. The molecule has 0 saturated carbocycles. The summed E-state index contributed by atoms with van der Waals surface area (Å²) >= 11 is 3.58. The maximum absolute atomic E-state index is 6.11. The minimum Gasteiger partial charge on any atom is -0.378 e. The fraction of sp³-hybridized carbons (Fsp3) is 0.143. The van der Waals surface area contributed by atoms with Crippen LogP contribution in [0, 0.1) is 0 Å². The lowest BCUT2D eigenvalue weighted by Gasteiger charge is -2.19. The molecule has 6 heteroatoms. The lowest BCUT2D eigenvalue weighted by atomic mass is 10.0. The molecule has 3 aromatic rings. The van der Waals surface area contributed by atoms with Gasteiger partial charge in [-0.05, 0) is 23.3 Å². The molecule has 0 amide bonds. The van der Waals surface area contributed by atoms with Crippen LogP contribution >= 0.6 is 15.9 Å². The zero-order chi connectivity index (χ0) is 19.1. The van der Waals surface area contributed by atoms with Gasteiger partial charge in [0.05, 0.1) is 11.1 Å². The van der Waals surface area contributed by atoms with Crippen LogP contribution in [0.3, 0.4) is 0 Å². The predicted molar refractivity (Wildman–Crippen MR) is 114 cm³/mol. The van der Waals surface area contributed by atoms with Crippen molar-refractivity contribution in [2.75, 3.05) is 5.32 Å². The van der Waals surface area contributed by atoms with Gasteiger partial charge in [-0.25, -0.2) is 4.99 Å². The van der Waals surface area contributed by atoms with E-state index in [1.807, 2.05) is 36.5 Å². The summed E-state index contributed by atoms with van der Waals surface area (Å²) in [5, 5.41) is 3.49. The fourth-order valence-electron chi connectivity index (χ4n) is 2.98. The highest BCUT2D eigenvalue weighted by molar-refractivity contribution is 9.08. The highest BCUT2D eigenvalue weighted by Gasteiger charge is 2.13. The number of alkyl halides is 1. The average molecular weight is 424 g/mol. The summed E-state index contributed by atoms with van der Waals surface area (Å²) in [6, 6.07) is 16.3. The number of anilines is 1. The second-order valence-electron chi connectivity index (χ2n) is 5.89. The largest absolute Gasteiger partial charge is 0.378 e. The first-order valence-corrected chi connectivity index (χ1v) is 9.76. The Morgan fingerprint density at radius 3 is 2.67 bits per heavy atom. The Morgan fingerprint density at radius 2 is 2.04 bits per heavy atom.